The van der Waals surface area contributed by atoms with Gasteiger partial charge < -0.3 is 14.2 Å². The van der Waals surface area contributed by atoms with E-state index < -0.39 is 0 Å². The third-order valence-electron chi connectivity index (χ3n) is 5.18. The fraction of sp³-hybridized carbons (Fsp3) is 0.273. The summed E-state index contributed by atoms with van der Waals surface area (Å²) < 4.78 is 10.6. The number of amides is 1. The molecule has 4 rings (SSSR count). The van der Waals surface area contributed by atoms with Crippen molar-refractivity contribution < 1.29 is 14.1 Å². The van der Waals surface area contributed by atoms with Gasteiger partial charge in [0.1, 0.15) is 11.3 Å². The SMILES string of the molecule is COc1ccc(C2CCN(C(=O)c3cnoc3-c3ccc(C)cc3)C2)cc1. The van der Waals surface area contributed by atoms with Crippen molar-refractivity contribution in [2.75, 3.05) is 20.2 Å². The van der Waals surface area contributed by atoms with Crippen molar-refractivity contribution in [1.82, 2.24) is 10.1 Å². The van der Waals surface area contributed by atoms with Crippen LogP contribution >= 0.6 is 0 Å². The quantitative estimate of drug-likeness (QED) is 0.695. The van der Waals surface area contributed by atoms with Gasteiger partial charge in [-0.3, -0.25) is 4.79 Å². The van der Waals surface area contributed by atoms with Gasteiger partial charge in [-0.2, -0.15) is 0 Å². The molecule has 2 aromatic carbocycles. The number of benzene rings is 2. The van der Waals surface area contributed by atoms with E-state index in [0.717, 1.165) is 29.8 Å². The third kappa shape index (κ3) is 3.45. The van der Waals surface area contributed by atoms with E-state index in [1.165, 1.54) is 11.8 Å². The number of nitrogens with zero attached hydrogens (tertiary/aromatic N) is 2. The molecule has 0 saturated carbocycles. The van der Waals surface area contributed by atoms with Crippen LogP contribution in [0.25, 0.3) is 11.3 Å². The summed E-state index contributed by atoms with van der Waals surface area (Å²) in [4.78, 5) is 14.9. The van der Waals surface area contributed by atoms with Crippen LogP contribution in [0.4, 0.5) is 0 Å². The van der Waals surface area contributed by atoms with E-state index in [2.05, 4.69) is 17.3 Å². The van der Waals surface area contributed by atoms with E-state index in [1.807, 2.05) is 48.2 Å². The molecule has 1 amide bonds. The van der Waals surface area contributed by atoms with E-state index in [4.69, 9.17) is 9.26 Å². The number of ether oxygens (including phenoxy) is 1. The second-order valence-electron chi connectivity index (χ2n) is 6.94. The summed E-state index contributed by atoms with van der Waals surface area (Å²) >= 11 is 0. The van der Waals surface area contributed by atoms with Gasteiger partial charge in [0, 0.05) is 24.6 Å². The molecule has 1 unspecified atom stereocenters. The lowest BCUT2D eigenvalue weighted by atomic mass is 9.98. The molecule has 0 spiro atoms. The molecule has 1 fully saturated rings. The van der Waals surface area contributed by atoms with E-state index in [-0.39, 0.29) is 5.91 Å². The fourth-order valence-corrected chi connectivity index (χ4v) is 3.57. The topological polar surface area (TPSA) is 55.6 Å². The molecular formula is C22H22N2O3. The number of hydrogen-bond acceptors (Lipinski definition) is 4. The summed E-state index contributed by atoms with van der Waals surface area (Å²) in [5, 5.41) is 3.87. The van der Waals surface area contributed by atoms with Gasteiger partial charge in [0.25, 0.3) is 5.91 Å². The first kappa shape index (κ1) is 17.3. The Morgan fingerprint density at radius 2 is 1.89 bits per heavy atom. The first-order valence-electron chi connectivity index (χ1n) is 9.10. The first-order valence-corrected chi connectivity index (χ1v) is 9.10. The molecule has 3 aromatic rings. The monoisotopic (exact) mass is 362 g/mol. The largest absolute Gasteiger partial charge is 0.497 e. The predicted octanol–water partition coefficient (Wildman–Crippen LogP) is 4.29. The van der Waals surface area contributed by atoms with Crippen LogP contribution < -0.4 is 4.74 Å². The minimum atomic E-state index is -0.0252. The molecule has 0 aliphatic carbocycles. The Morgan fingerprint density at radius 3 is 2.59 bits per heavy atom. The van der Waals surface area contributed by atoms with E-state index in [1.54, 1.807) is 7.11 Å². The minimum Gasteiger partial charge on any atom is -0.497 e. The average Bonchev–Trinajstić information content (AvgIpc) is 3.38. The third-order valence-corrected chi connectivity index (χ3v) is 5.18. The molecule has 0 radical (unpaired) electrons. The van der Waals surface area contributed by atoms with Gasteiger partial charge in [-0.05, 0) is 31.0 Å². The maximum Gasteiger partial charge on any atom is 0.259 e. The van der Waals surface area contributed by atoms with Crippen molar-refractivity contribution in [2.45, 2.75) is 19.3 Å². The average molecular weight is 362 g/mol. The molecule has 0 N–H and O–H groups in total. The summed E-state index contributed by atoms with van der Waals surface area (Å²) in [6, 6.07) is 16.0. The number of methoxy groups -OCH3 is 1. The van der Waals surface area contributed by atoms with Gasteiger partial charge in [-0.15, -0.1) is 0 Å². The van der Waals surface area contributed by atoms with Crippen molar-refractivity contribution in [1.29, 1.82) is 0 Å². The van der Waals surface area contributed by atoms with Gasteiger partial charge in [0.15, 0.2) is 5.76 Å². The molecule has 1 atom stereocenters. The van der Waals surface area contributed by atoms with Crippen molar-refractivity contribution in [3.63, 3.8) is 0 Å². The molecule has 27 heavy (non-hydrogen) atoms. The van der Waals surface area contributed by atoms with Crippen LogP contribution in [-0.2, 0) is 0 Å². The molecule has 1 saturated heterocycles. The molecule has 1 aliphatic rings. The van der Waals surface area contributed by atoms with Crippen molar-refractivity contribution in [3.05, 3.63) is 71.4 Å². The fourth-order valence-electron chi connectivity index (χ4n) is 3.57. The second kappa shape index (κ2) is 7.27. The number of hydrogen-bond donors (Lipinski definition) is 0. The van der Waals surface area contributed by atoms with Crippen molar-refractivity contribution in [2.24, 2.45) is 0 Å². The molecule has 1 aromatic heterocycles. The normalized spacial score (nSPS) is 16.5. The zero-order chi connectivity index (χ0) is 18.8. The molecule has 2 heterocycles. The maximum atomic E-state index is 13.1. The van der Waals surface area contributed by atoms with Gasteiger partial charge in [-0.25, -0.2) is 0 Å². The highest BCUT2D eigenvalue weighted by atomic mass is 16.5. The number of aryl methyl sites for hydroxylation is 1. The molecule has 1 aliphatic heterocycles. The highest BCUT2D eigenvalue weighted by molar-refractivity contribution is 5.99. The lowest BCUT2D eigenvalue weighted by molar-refractivity contribution is 0.0791. The van der Waals surface area contributed by atoms with Gasteiger partial charge in [0.2, 0.25) is 0 Å². The Bertz CT molecular complexity index is 929. The van der Waals surface area contributed by atoms with Crippen LogP contribution in [0.3, 0.4) is 0 Å². The summed E-state index contributed by atoms with van der Waals surface area (Å²) in [7, 11) is 1.66. The lowest BCUT2D eigenvalue weighted by Crippen LogP contribution is -2.28. The summed E-state index contributed by atoms with van der Waals surface area (Å²) in [6.07, 6.45) is 2.47. The van der Waals surface area contributed by atoms with Crippen LogP contribution in [0.5, 0.6) is 5.75 Å². The van der Waals surface area contributed by atoms with E-state index in [0.29, 0.717) is 23.8 Å². The highest BCUT2D eigenvalue weighted by Gasteiger charge is 2.30. The van der Waals surface area contributed by atoms with E-state index >= 15 is 0 Å². The second-order valence-corrected chi connectivity index (χ2v) is 6.94. The summed E-state index contributed by atoms with van der Waals surface area (Å²) in [5.41, 5.74) is 3.78. The van der Waals surface area contributed by atoms with Crippen LogP contribution in [0.15, 0.2) is 59.3 Å². The standard InChI is InChI=1S/C22H22N2O3/c1-15-3-5-17(6-4-15)21-20(13-23-27-21)22(25)24-12-11-18(14-24)16-7-9-19(26-2)10-8-16/h3-10,13,18H,11-12,14H2,1-2H3. The Morgan fingerprint density at radius 1 is 1.15 bits per heavy atom. The van der Waals surface area contributed by atoms with E-state index in [9.17, 15) is 4.79 Å². The molecule has 0 bridgehead atoms. The Hall–Kier alpha value is -3.08. The number of likely N-dealkylation sites (tertiary alicyclic amines) is 1. The number of rotatable bonds is 4. The Balaban J connectivity index is 1.51. The van der Waals surface area contributed by atoms with Crippen LogP contribution in [-0.4, -0.2) is 36.2 Å². The smallest absolute Gasteiger partial charge is 0.259 e. The van der Waals surface area contributed by atoms with Crippen LogP contribution in [0.2, 0.25) is 0 Å². The maximum absolute atomic E-state index is 13.1. The molecule has 5 heteroatoms. The van der Waals surface area contributed by atoms with Crippen LogP contribution in [0, 0.1) is 6.92 Å². The minimum absolute atomic E-state index is 0.0252. The number of carbonyl (C=O) groups is 1. The number of aromatic nitrogens is 1. The van der Waals surface area contributed by atoms with Gasteiger partial charge in [-0.1, -0.05) is 47.1 Å². The Labute approximate surface area is 158 Å². The zero-order valence-corrected chi connectivity index (χ0v) is 15.5. The van der Waals surface area contributed by atoms with Gasteiger partial charge in [0.05, 0.1) is 13.3 Å². The van der Waals surface area contributed by atoms with Crippen molar-refractivity contribution in [3.8, 4) is 17.1 Å². The first-order chi connectivity index (χ1) is 13.2. The summed E-state index contributed by atoms with van der Waals surface area (Å²) in [5.74, 6) is 1.69. The lowest BCUT2D eigenvalue weighted by Gasteiger charge is -2.16. The zero-order valence-electron chi connectivity index (χ0n) is 15.5. The molecule has 138 valence electrons. The Kier molecular flexibility index (Phi) is 4.67. The molecular weight excluding hydrogens is 340 g/mol. The van der Waals surface area contributed by atoms with Crippen LogP contribution in [0.1, 0.15) is 33.8 Å². The number of carbonyl (C=O) groups excluding carboxylic acids is 1. The predicted molar refractivity (Wildman–Crippen MR) is 103 cm³/mol. The summed E-state index contributed by atoms with van der Waals surface area (Å²) in [6.45, 7) is 3.46. The van der Waals surface area contributed by atoms with Gasteiger partial charge >= 0.3 is 0 Å². The van der Waals surface area contributed by atoms with Crippen molar-refractivity contribution >= 4 is 5.91 Å². The molecule has 5 nitrogen and oxygen atoms in total. The highest BCUT2D eigenvalue weighted by Crippen LogP contribution is 2.31.